The molecule has 1 fully saturated rings. The largest absolute Gasteiger partial charge is 0.352 e. The Bertz CT molecular complexity index is 630. The minimum atomic E-state index is -1.00. The summed E-state index contributed by atoms with van der Waals surface area (Å²) >= 11 is 3.23. The number of piperazine rings is 1. The van der Waals surface area contributed by atoms with E-state index in [2.05, 4.69) is 21.2 Å². The Morgan fingerprint density at radius 1 is 1.48 bits per heavy atom. The lowest BCUT2D eigenvalue weighted by molar-refractivity contribution is -0.384. The molecular formula is C13H14BrN3O4. The molecule has 7 nitrogen and oxygen atoms in total. The van der Waals surface area contributed by atoms with E-state index in [9.17, 15) is 19.7 Å². The maximum absolute atomic E-state index is 12.6. The van der Waals surface area contributed by atoms with Crippen LogP contribution in [0.4, 0.5) is 5.69 Å². The predicted octanol–water partition coefficient (Wildman–Crippen LogP) is 1.71. The zero-order valence-corrected chi connectivity index (χ0v) is 13.1. The third-order valence-electron chi connectivity index (χ3n) is 3.49. The summed E-state index contributed by atoms with van der Waals surface area (Å²) in [5.74, 6) is -0.658. The second kappa shape index (κ2) is 5.44. The fraction of sp³-hybridized carbons (Fsp3) is 0.385. The summed E-state index contributed by atoms with van der Waals surface area (Å²) in [6.07, 6.45) is 0. The van der Waals surface area contributed by atoms with E-state index in [4.69, 9.17) is 0 Å². The molecule has 1 aromatic carbocycles. The summed E-state index contributed by atoms with van der Waals surface area (Å²) in [7, 11) is 0. The molecule has 1 saturated heterocycles. The van der Waals surface area contributed by atoms with Crippen molar-refractivity contribution in [1.29, 1.82) is 0 Å². The van der Waals surface area contributed by atoms with Crippen LogP contribution in [-0.2, 0) is 4.79 Å². The monoisotopic (exact) mass is 355 g/mol. The highest BCUT2D eigenvalue weighted by Crippen LogP contribution is 2.27. The first-order valence-corrected chi connectivity index (χ1v) is 7.08. The van der Waals surface area contributed by atoms with Gasteiger partial charge in [-0.2, -0.15) is 0 Å². The number of nitro benzene ring substituents is 1. The highest BCUT2D eigenvalue weighted by atomic mass is 79.9. The topological polar surface area (TPSA) is 92.6 Å². The van der Waals surface area contributed by atoms with Gasteiger partial charge in [-0.05, 0) is 35.8 Å². The van der Waals surface area contributed by atoms with Gasteiger partial charge in [0.25, 0.3) is 11.6 Å². The first-order valence-electron chi connectivity index (χ1n) is 6.29. The van der Waals surface area contributed by atoms with Gasteiger partial charge in [0.15, 0.2) is 0 Å². The van der Waals surface area contributed by atoms with Crippen LogP contribution in [0.25, 0.3) is 0 Å². The predicted molar refractivity (Wildman–Crippen MR) is 78.9 cm³/mol. The van der Waals surface area contributed by atoms with Crippen molar-refractivity contribution in [3.05, 3.63) is 38.3 Å². The van der Waals surface area contributed by atoms with E-state index in [1.807, 2.05) is 0 Å². The molecular weight excluding hydrogens is 342 g/mol. The number of hydrogen-bond donors (Lipinski definition) is 1. The number of rotatable bonds is 2. The SMILES string of the molecule is CC1(C)C(=O)NCCN1C(=O)c1cc([N+](=O)[O-])ccc1Br. The van der Waals surface area contributed by atoms with Crippen LogP contribution in [0, 0.1) is 10.1 Å². The molecule has 0 bridgehead atoms. The molecule has 1 aliphatic rings. The van der Waals surface area contributed by atoms with Crippen LogP contribution >= 0.6 is 15.9 Å². The molecule has 0 radical (unpaired) electrons. The molecule has 0 aromatic heterocycles. The van der Waals surface area contributed by atoms with Crippen molar-refractivity contribution < 1.29 is 14.5 Å². The average Bonchev–Trinajstić information content (AvgIpc) is 2.41. The minimum Gasteiger partial charge on any atom is -0.352 e. The van der Waals surface area contributed by atoms with Crippen molar-refractivity contribution in [1.82, 2.24) is 10.2 Å². The average molecular weight is 356 g/mol. The second-order valence-electron chi connectivity index (χ2n) is 5.19. The van der Waals surface area contributed by atoms with Gasteiger partial charge in [-0.15, -0.1) is 0 Å². The lowest BCUT2D eigenvalue weighted by atomic mass is 9.97. The maximum atomic E-state index is 12.6. The van der Waals surface area contributed by atoms with Crippen LogP contribution in [0.15, 0.2) is 22.7 Å². The lowest BCUT2D eigenvalue weighted by Crippen LogP contribution is -2.63. The lowest BCUT2D eigenvalue weighted by Gasteiger charge is -2.41. The third-order valence-corrected chi connectivity index (χ3v) is 4.18. The van der Waals surface area contributed by atoms with Crippen molar-refractivity contribution in [3.8, 4) is 0 Å². The molecule has 0 atom stereocenters. The molecule has 2 amide bonds. The summed E-state index contributed by atoms with van der Waals surface area (Å²) in [5.41, 5.74) is -0.993. The number of non-ortho nitro benzene ring substituents is 1. The molecule has 1 aromatic rings. The third kappa shape index (κ3) is 2.76. The Balaban J connectivity index is 2.42. The zero-order chi connectivity index (χ0) is 15.8. The van der Waals surface area contributed by atoms with Crippen LogP contribution < -0.4 is 5.32 Å². The van der Waals surface area contributed by atoms with Gasteiger partial charge in [0.1, 0.15) is 5.54 Å². The Morgan fingerprint density at radius 2 is 2.14 bits per heavy atom. The fourth-order valence-electron chi connectivity index (χ4n) is 2.19. The molecule has 21 heavy (non-hydrogen) atoms. The fourth-order valence-corrected chi connectivity index (χ4v) is 2.61. The number of nitrogens with one attached hydrogen (secondary N) is 1. The number of nitro groups is 1. The first-order chi connectivity index (χ1) is 9.75. The second-order valence-corrected chi connectivity index (χ2v) is 6.05. The highest BCUT2D eigenvalue weighted by molar-refractivity contribution is 9.10. The smallest absolute Gasteiger partial charge is 0.270 e. The van der Waals surface area contributed by atoms with Gasteiger partial charge in [-0.25, -0.2) is 0 Å². The van der Waals surface area contributed by atoms with Crippen LogP contribution in [0.5, 0.6) is 0 Å². The number of benzene rings is 1. The van der Waals surface area contributed by atoms with E-state index in [0.29, 0.717) is 17.6 Å². The van der Waals surface area contributed by atoms with E-state index in [0.717, 1.165) is 0 Å². The van der Waals surface area contributed by atoms with Gasteiger partial charge >= 0.3 is 0 Å². The number of amides is 2. The number of hydrogen-bond acceptors (Lipinski definition) is 4. The van der Waals surface area contributed by atoms with E-state index in [1.54, 1.807) is 13.8 Å². The Labute approximate surface area is 129 Å². The van der Waals surface area contributed by atoms with Gasteiger partial charge in [0, 0.05) is 29.7 Å². The zero-order valence-electron chi connectivity index (χ0n) is 11.6. The summed E-state index contributed by atoms with van der Waals surface area (Å²) in [6, 6.07) is 3.99. The van der Waals surface area contributed by atoms with Crippen LogP contribution in [0.2, 0.25) is 0 Å². The maximum Gasteiger partial charge on any atom is 0.270 e. The summed E-state index contributed by atoms with van der Waals surface area (Å²) < 4.78 is 0.458. The van der Waals surface area contributed by atoms with Crippen molar-refractivity contribution in [2.24, 2.45) is 0 Å². The highest BCUT2D eigenvalue weighted by Gasteiger charge is 2.41. The van der Waals surface area contributed by atoms with Crippen LogP contribution in [0.3, 0.4) is 0 Å². The molecule has 0 spiro atoms. The Kier molecular flexibility index (Phi) is 3.99. The van der Waals surface area contributed by atoms with Crippen molar-refractivity contribution in [3.63, 3.8) is 0 Å². The summed E-state index contributed by atoms with van der Waals surface area (Å²) in [6.45, 7) is 4.00. The van der Waals surface area contributed by atoms with E-state index in [1.165, 1.54) is 23.1 Å². The quantitative estimate of drug-likeness (QED) is 0.645. The van der Waals surface area contributed by atoms with Gasteiger partial charge < -0.3 is 10.2 Å². The van der Waals surface area contributed by atoms with E-state index < -0.39 is 16.4 Å². The molecule has 0 aliphatic carbocycles. The molecule has 8 heteroatoms. The molecule has 1 heterocycles. The number of halogens is 1. The molecule has 0 unspecified atom stereocenters. The Morgan fingerprint density at radius 3 is 2.76 bits per heavy atom. The molecule has 2 rings (SSSR count). The van der Waals surface area contributed by atoms with Crippen molar-refractivity contribution in [2.75, 3.05) is 13.1 Å². The minimum absolute atomic E-state index is 0.166. The molecule has 112 valence electrons. The van der Waals surface area contributed by atoms with Gasteiger partial charge in [-0.1, -0.05) is 0 Å². The summed E-state index contributed by atoms with van der Waals surface area (Å²) in [4.78, 5) is 36.3. The number of nitrogens with zero attached hydrogens (tertiary/aromatic N) is 2. The van der Waals surface area contributed by atoms with E-state index >= 15 is 0 Å². The van der Waals surface area contributed by atoms with Gasteiger partial charge in [0.05, 0.1) is 10.5 Å². The van der Waals surface area contributed by atoms with E-state index in [-0.39, 0.29) is 17.2 Å². The van der Waals surface area contributed by atoms with Crippen molar-refractivity contribution in [2.45, 2.75) is 19.4 Å². The molecule has 0 saturated carbocycles. The van der Waals surface area contributed by atoms with Crippen LogP contribution in [0.1, 0.15) is 24.2 Å². The standard InChI is InChI=1S/C13H14BrN3O4/c1-13(2)12(19)15-5-6-16(13)11(18)9-7-8(17(20)21)3-4-10(9)14/h3-4,7H,5-6H2,1-2H3,(H,15,19). The normalized spacial score (nSPS) is 17.3. The molecule has 1 aliphatic heterocycles. The van der Waals surface area contributed by atoms with Crippen molar-refractivity contribution >= 4 is 33.4 Å². The Hall–Kier alpha value is -1.96. The number of carbonyl (C=O) groups excluding carboxylic acids is 2. The van der Waals surface area contributed by atoms with Crippen LogP contribution in [-0.4, -0.2) is 40.3 Å². The van der Waals surface area contributed by atoms with Gasteiger partial charge in [0.2, 0.25) is 5.91 Å². The first kappa shape index (κ1) is 15.4. The van der Waals surface area contributed by atoms with Gasteiger partial charge in [-0.3, -0.25) is 19.7 Å². The molecule has 1 N–H and O–H groups in total. The number of carbonyl (C=O) groups is 2. The summed E-state index contributed by atoms with van der Waals surface area (Å²) in [5, 5.41) is 13.5.